The Morgan fingerprint density at radius 1 is 1.05 bits per heavy atom. The van der Waals surface area contributed by atoms with Crippen LogP contribution in [0.4, 0.5) is 0 Å². The number of likely N-dealkylation sites (N-methyl/N-ethyl adjacent to an activating group) is 1. The fraction of sp³-hybridized carbons (Fsp3) is 0.774. The third-order valence-electron chi connectivity index (χ3n) is 10.1. The van der Waals surface area contributed by atoms with Gasteiger partial charge in [0.05, 0.1) is 22.7 Å². The van der Waals surface area contributed by atoms with Crippen LogP contribution >= 0.6 is 11.3 Å². The molecule has 42 heavy (non-hydrogen) atoms. The van der Waals surface area contributed by atoms with Crippen LogP contribution in [0.1, 0.15) is 79.7 Å². The van der Waals surface area contributed by atoms with Crippen molar-refractivity contribution in [1.82, 2.24) is 25.4 Å². The van der Waals surface area contributed by atoms with E-state index >= 15 is 0 Å². The van der Waals surface area contributed by atoms with Crippen LogP contribution in [0, 0.1) is 42.4 Å². The second kappa shape index (κ2) is 11.9. The average molecular weight is 602 g/mol. The predicted molar refractivity (Wildman–Crippen MR) is 160 cm³/mol. The molecule has 232 valence electrons. The number of thiazole rings is 1. The molecule has 2 aliphatic carbocycles. The van der Waals surface area contributed by atoms with Crippen molar-refractivity contribution in [2.75, 3.05) is 39.8 Å². The quantitative estimate of drug-likeness (QED) is 0.449. The zero-order valence-corrected chi connectivity index (χ0v) is 26.8. The van der Waals surface area contributed by atoms with Gasteiger partial charge in [0.25, 0.3) is 5.91 Å². The van der Waals surface area contributed by atoms with Gasteiger partial charge in [-0.05, 0) is 51.4 Å². The van der Waals surface area contributed by atoms with Crippen LogP contribution in [0.5, 0.6) is 0 Å². The van der Waals surface area contributed by atoms with Gasteiger partial charge in [-0.15, -0.1) is 11.3 Å². The molecule has 0 radical (unpaired) electrons. The van der Waals surface area contributed by atoms with E-state index in [0.29, 0.717) is 42.7 Å². The molecule has 0 bridgehead atoms. The molecule has 2 aliphatic heterocycles. The van der Waals surface area contributed by atoms with Crippen LogP contribution in [0.25, 0.3) is 0 Å². The summed E-state index contributed by atoms with van der Waals surface area (Å²) in [7, 11) is 1.56. The molecule has 4 fully saturated rings. The van der Waals surface area contributed by atoms with Gasteiger partial charge in [0, 0.05) is 51.2 Å². The Kier molecular flexibility index (Phi) is 8.73. The van der Waals surface area contributed by atoms with Crippen molar-refractivity contribution in [2.24, 2.45) is 28.6 Å². The molecule has 4 aliphatic rings. The number of carbonyl (C=O) groups excluding carboxylic acids is 4. The zero-order chi connectivity index (χ0) is 30.4. The fourth-order valence-corrected chi connectivity index (χ4v) is 8.09. The van der Waals surface area contributed by atoms with Gasteiger partial charge >= 0.3 is 0 Å². The molecule has 4 atom stereocenters. The molecule has 3 heterocycles. The third-order valence-corrected chi connectivity index (χ3v) is 11.2. The highest BCUT2D eigenvalue weighted by Gasteiger charge is 2.62. The molecule has 0 aromatic carbocycles. The Morgan fingerprint density at radius 3 is 2.26 bits per heavy atom. The van der Waals surface area contributed by atoms with Crippen molar-refractivity contribution in [2.45, 2.75) is 85.3 Å². The van der Waals surface area contributed by atoms with E-state index in [1.807, 2.05) is 25.7 Å². The Hall–Kier alpha value is -2.53. The number of rotatable bonds is 9. The number of aryl methyl sites for hydroxylation is 2. The Morgan fingerprint density at radius 2 is 1.69 bits per heavy atom. The van der Waals surface area contributed by atoms with Gasteiger partial charge in [-0.1, -0.05) is 33.1 Å². The lowest BCUT2D eigenvalue weighted by Crippen LogP contribution is -2.65. The number of nitrogens with zero attached hydrogens (tertiary/aromatic N) is 3. The molecule has 2 N–H and O–H groups in total. The van der Waals surface area contributed by atoms with E-state index in [4.69, 9.17) is 4.74 Å². The van der Waals surface area contributed by atoms with Gasteiger partial charge in [0.2, 0.25) is 17.7 Å². The number of ether oxygens (including phenoxy) is 1. The van der Waals surface area contributed by atoms with E-state index in [2.05, 4.69) is 29.5 Å². The topological polar surface area (TPSA) is 121 Å². The number of hydrogen-bond acceptors (Lipinski definition) is 7. The molecular formula is C31H47N5O5S. The maximum Gasteiger partial charge on any atom is 0.265 e. The van der Waals surface area contributed by atoms with Gasteiger partial charge in [-0.25, -0.2) is 4.98 Å². The Labute approximate surface area is 253 Å². The van der Waals surface area contributed by atoms with Crippen molar-refractivity contribution in [3.05, 3.63) is 15.6 Å². The second-order valence-electron chi connectivity index (χ2n) is 13.8. The predicted octanol–water partition coefficient (Wildman–Crippen LogP) is 2.92. The largest absolute Gasteiger partial charge is 0.376 e. The molecule has 11 heteroatoms. The van der Waals surface area contributed by atoms with E-state index < -0.39 is 23.5 Å². The van der Waals surface area contributed by atoms with E-state index in [9.17, 15) is 19.2 Å². The highest BCUT2D eigenvalue weighted by molar-refractivity contribution is 7.13. The monoisotopic (exact) mass is 601 g/mol. The lowest BCUT2D eigenvalue weighted by atomic mass is 9.70. The first kappa shape index (κ1) is 30.9. The summed E-state index contributed by atoms with van der Waals surface area (Å²) in [6, 6.07) is -0.857. The van der Waals surface area contributed by atoms with Crippen LogP contribution < -0.4 is 10.6 Å². The summed E-state index contributed by atoms with van der Waals surface area (Å²) in [4.78, 5) is 62.3. The van der Waals surface area contributed by atoms with Crippen molar-refractivity contribution in [3.8, 4) is 0 Å². The highest BCUT2D eigenvalue weighted by atomic mass is 32.1. The summed E-state index contributed by atoms with van der Waals surface area (Å²) in [6.07, 6.45) is 6.29. The molecule has 5 rings (SSSR count). The van der Waals surface area contributed by atoms with Gasteiger partial charge in [0.15, 0.2) is 0 Å². The van der Waals surface area contributed by atoms with Gasteiger partial charge in [-0.3, -0.25) is 19.2 Å². The zero-order valence-electron chi connectivity index (χ0n) is 26.0. The normalized spacial score (nSPS) is 26.0. The number of nitrogens with one attached hydrogen (secondary N) is 2. The van der Waals surface area contributed by atoms with Crippen LogP contribution in [-0.2, 0) is 19.1 Å². The smallest absolute Gasteiger partial charge is 0.265 e. The first-order chi connectivity index (χ1) is 19.8. The fourth-order valence-electron chi connectivity index (χ4n) is 7.20. The molecule has 2 saturated carbocycles. The first-order valence-corrected chi connectivity index (χ1v) is 16.3. The molecule has 1 spiro atoms. The van der Waals surface area contributed by atoms with E-state index in [1.165, 1.54) is 30.6 Å². The van der Waals surface area contributed by atoms with E-state index in [0.717, 1.165) is 24.3 Å². The maximum absolute atomic E-state index is 14.0. The number of amides is 4. The maximum atomic E-state index is 14.0. The van der Waals surface area contributed by atoms with Crippen molar-refractivity contribution in [1.29, 1.82) is 0 Å². The van der Waals surface area contributed by atoms with E-state index in [-0.39, 0.29) is 41.5 Å². The summed E-state index contributed by atoms with van der Waals surface area (Å²) >= 11 is 1.36. The number of likely N-dealkylation sites (tertiary alicyclic amines) is 2. The van der Waals surface area contributed by atoms with Crippen LogP contribution in [0.3, 0.4) is 0 Å². The summed E-state index contributed by atoms with van der Waals surface area (Å²) in [6.45, 7) is 11.8. The number of aromatic nitrogens is 1. The lowest BCUT2D eigenvalue weighted by molar-refractivity contribution is -0.152. The van der Waals surface area contributed by atoms with Crippen LogP contribution in [-0.4, -0.2) is 90.4 Å². The summed E-state index contributed by atoms with van der Waals surface area (Å²) in [5, 5.41) is 6.50. The Bertz CT molecular complexity index is 1220. The first-order valence-electron chi connectivity index (χ1n) is 15.5. The molecular weight excluding hydrogens is 554 g/mol. The minimum Gasteiger partial charge on any atom is -0.376 e. The lowest BCUT2D eigenvalue weighted by Gasteiger charge is -2.50. The van der Waals surface area contributed by atoms with Crippen LogP contribution in [0.15, 0.2) is 0 Å². The molecule has 0 unspecified atom stereocenters. The molecule has 1 aromatic rings. The standard InChI is InChI=1S/C31H47N5O5S/c1-18-25(42-20(3)33-18)29(40)35-13-23(31(15-35)16-36(17-31)28(39)22-12-30(22,4)5)26(37)34-24(27(38)32-6)19(2)41-14-21-10-8-7-9-11-21/h19,21-24H,7-17H2,1-6H3,(H,32,38)(H,34,37)/t19-,22-,23+,24+/m1/s1. The average Bonchev–Trinajstić information content (AvgIpc) is 3.24. The van der Waals surface area contributed by atoms with E-state index in [1.54, 1.807) is 11.9 Å². The van der Waals surface area contributed by atoms with Gasteiger partial charge in [0.1, 0.15) is 10.9 Å². The Balaban J connectivity index is 1.31. The molecule has 4 amide bonds. The second-order valence-corrected chi connectivity index (χ2v) is 15.0. The highest BCUT2D eigenvalue weighted by Crippen LogP contribution is 2.54. The summed E-state index contributed by atoms with van der Waals surface area (Å²) in [5.41, 5.74) is 0.153. The number of carbonyl (C=O) groups is 4. The molecule has 2 saturated heterocycles. The molecule has 10 nitrogen and oxygen atoms in total. The SMILES string of the molecule is CNC(=O)[C@@H](NC(=O)[C@@H]1CN(C(=O)c2sc(C)nc2C)CC12CN(C(=O)[C@H]1CC1(C)C)C2)[C@@H](C)OCC1CCCCC1. The summed E-state index contributed by atoms with van der Waals surface area (Å²) in [5.74, 6) is -0.633. The molecule has 1 aromatic heterocycles. The van der Waals surface area contributed by atoms with Crippen LogP contribution in [0.2, 0.25) is 0 Å². The third kappa shape index (κ3) is 6.09. The van der Waals surface area contributed by atoms with Gasteiger partial charge < -0.3 is 25.2 Å². The van der Waals surface area contributed by atoms with Crippen molar-refractivity contribution in [3.63, 3.8) is 0 Å². The minimum absolute atomic E-state index is 0.0175. The van der Waals surface area contributed by atoms with Crippen molar-refractivity contribution >= 4 is 35.0 Å². The van der Waals surface area contributed by atoms with Gasteiger partial charge in [-0.2, -0.15) is 0 Å². The number of hydrogen-bond donors (Lipinski definition) is 2. The summed E-state index contributed by atoms with van der Waals surface area (Å²) < 4.78 is 6.16. The minimum atomic E-state index is -0.857. The van der Waals surface area contributed by atoms with Crippen molar-refractivity contribution < 1.29 is 23.9 Å².